The molecule has 0 saturated carbocycles. The molecule has 4 amide bonds. The maximum atomic E-state index is 12.7. The number of sulfone groups is 1. The van der Waals surface area contributed by atoms with E-state index in [9.17, 15) is 18.0 Å². The Hall–Kier alpha value is -1.88. The molecule has 2 fully saturated rings. The first-order valence-corrected chi connectivity index (χ1v) is 12.1. The fourth-order valence-corrected chi connectivity index (χ4v) is 5.21. The second kappa shape index (κ2) is 8.64. The van der Waals surface area contributed by atoms with Crippen LogP contribution in [0.25, 0.3) is 0 Å². The lowest BCUT2D eigenvalue weighted by Gasteiger charge is -2.32. The van der Waals surface area contributed by atoms with Crippen LogP contribution in [0.4, 0.5) is 14.7 Å². The molecule has 1 aromatic heterocycles. The standard InChI is InChI=1S/C17H27N5O4S2/c1-13(2)14-12-18-15(27-14)19-16(23)20-4-3-5-21(7-6-20)17(24)22-8-10-28(25,26)11-9-22/h12-13H,3-11H2,1-2H3,(H,18,19,23). The number of aromatic nitrogens is 1. The summed E-state index contributed by atoms with van der Waals surface area (Å²) in [7, 11) is -3.02. The van der Waals surface area contributed by atoms with Crippen molar-refractivity contribution in [3.63, 3.8) is 0 Å². The second-order valence-electron chi connectivity index (χ2n) is 7.40. The minimum Gasteiger partial charge on any atom is -0.323 e. The summed E-state index contributed by atoms with van der Waals surface area (Å²) in [6.07, 6.45) is 2.47. The zero-order valence-electron chi connectivity index (χ0n) is 16.3. The Morgan fingerprint density at radius 3 is 2.29 bits per heavy atom. The molecule has 2 aliphatic heterocycles. The summed E-state index contributed by atoms with van der Waals surface area (Å²) in [6, 6.07) is -0.346. The lowest BCUT2D eigenvalue weighted by atomic mass is 10.2. The first-order chi connectivity index (χ1) is 13.2. The van der Waals surface area contributed by atoms with Gasteiger partial charge in [0.2, 0.25) is 0 Å². The Morgan fingerprint density at radius 1 is 1.04 bits per heavy atom. The van der Waals surface area contributed by atoms with E-state index in [0.29, 0.717) is 43.6 Å². The Labute approximate surface area is 169 Å². The van der Waals surface area contributed by atoms with Crippen LogP contribution >= 0.6 is 11.3 Å². The average Bonchev–Trinajstić information content (AvgIpc) is 2.97. The summed E-state index contributed by atoms with van der Waals surface area (Å²) in [5, 5.41) is 3.43. The van der Waals surface area contributed by atoms with Crippen molar-refractivity contribution < 1.29 is 18.0 Å². The van der Waals surface area contributed by atoms with E-state index in [1.165, 1.54) is 11.3 Å². The molecule has 0 atom stereocenters. The van der Waals surface area contributed by atoms with Crippen molar-refractivity contribution in [2.75, 3.05) is 56.1 Å². The molecule has 11 heteroatoms. The van der Waals surface area contributed by atoms with Crippen molar-refractivity contribution in [3.05, 3.63) is 11.1 Å². The lowest BCUT2D eigenvalue weighted by molar-refractivity contribution is 0.157. The largest absolute Gasteiger partial charge is 0.323 e. The van der Waals surface area contributed by atoms with Crippen molar-refractivity contribution in [2.45, 2.75) is 26.2 Å². The molecule has 156 valence electrons. The number of urea groups is 2. The Morgan fingerprint density at radius 2 is 1.64 bits per heavy atom. The minimum atomic E-state index is -3.02. The van der Waals surface area contributed by atoms with Crippen LogP contribution in [0.5, 0.6) is 0 Å². The van der Waals surface area contributed by atoms with Gasteiger partial charge in [0.15, 0.2) is 15.0 Å². The summed E-state index contributed by atoms with van der Waals surface area (Å²) in [6.45, 7) is 6.63. The second-order valence-corrected chi connectivity index (χ2v) is 10.8. The van der Waals surface area contributed by atoms with E-state index in [4.69, 9.17) is 0 Å². The molecule has 3 rings (SSSR count). The molecule has 0 aromatic carbocycles. The van der Waals surface area contributed by atoms with Crippen LogP contribution in [0.2, 0.25) is 0 Å². The predicted octanol–water partition coefficient (Wildman–Crippen LogP) is 1.66. The van der Waals surface area contributed by atoms with Gasteiger partial charge < -0.3 is 14.7 Å². The molecule has 0 bridgehead atoms. The average molecular weight is 430 g/mol. The summed E-state index contributed by atoms with van der Waals surface area (Å²) in [5.74, 6) is 0.409. The zero-order chi connectivity index (χ0) is 20.3. The summed E-state index contributed by atoms with van der Waals surface area (Å²) < 4.78 is 23.1. The first kappa shape index (κ1) is 20.8. The fourth-order valence-electron chi connectivity index (χ4n) is 3.20. The van der Waals surface area contributed by atoms with Crippen LogP contribution in [-0.4, -0.2) is 90.9 Å². The van der Waals surface area contributed by atoms with Gasteiger partial charge in [-0.3, -0.25) is 5.32 Å². The molecule has 9 nitrogen and oxygen atoms in total. The zero-order valence-corrected chi connectivity index (χ0v) is 17.9. The van der Waals surface area contributed by atoms with Gasteiger partial charge in [-0.25, -0.2) is 23.0 Å². The van der Waals surface area contributed by atoms with Gasteiger partial charge in [0.1, 0.15) is 0 Å². The number of carbonyl (C=O) groups excluding carboxylic acids is 2. The van der Waals surface area contributed by atoms with Crippen LogP contribution in [0.3, 0.4) is 0 Å². The highest BCUT2D eigenvalue weighted by Gasteiger charge is 2.30. The molecule has 0 unspecified atom stereocenters. The monoisotopic (exact) mass is 429 g/mol. The molecule has 1 N–H and O–H groups in total. The van der Waals surface area contributed by atoms with E-state index in [0.717, 1.165) is 4.88 Å². The molecular formula is C17H27N5O4S2. The number of rotatable bonds is 2. The van der Waals surface area contributed by atoms with Crippen LogP contribution < -0.4 is 5.32 Å². The lowest BCUT2D eigenvalue weighted by Crippen LogP contribution is -2.50. The van der Waals surface area contributed by atoms with Gasteiger partial charge in [-0.1, -0.05) is 13.8 Å². The topological polar surface area (TPSA) is 103 Å². The molecule has 0 spiro atoms. The van der Waals surface area contributed by atoms with E-state index < -0.39 is 9.84 Å². The normalized spacial score (nSPS) is 20.2. The van der Waals surface area contributed by atoms with Gasteiger partial charge in [0.25, 0.3) is 0 Å². The van der Waals surface area contributed by atoms with Gasteiger partial charge in [-0.2, -0.15) is 0 Å². The van der Waals surface area contributed by atoms with Crippen molar-refractivity contribution in [2.24, 2.45) is 0 Å². The SMILES string of the molecule is CC(C)c1cnc(NC(=O)N2CCCN(C(=O)N3CCS(=O)(=O)CC3)CC2)s1. The number of nitrogens with zero attached hydrogens (tertiary/aromatic N) is 4. The number of nitrogens with one attached hydrogen (secondary N) is 1. The molecule has 0 radical (unpaired) electrons. The molecular weight excluding hydrogens is 402 g/mol. The van der Waals surface area contributed by atoms with E-state index in [1.807, 2.05) is 0 Å². The highest BCUT2D eigenvalue weighted by Crippen LogP contribution is 2.25. The molecule has 3 heterocycles. The molecule has 1 aromatic rings. The predicted molar refractivity (Wildman–Crippen MR) is 109 cm³/mol. The maximum absolute atomic E-state index is 12.7. The van der Waals surface area contributed by atoms with E-state index in [1.54, 1.807) is 20.9 Å². The van der Waals surface area contributed by atoms with E-state index in [-0.39, 0.29) is 36.7 Å². The van der Waals surface area contributed by atoms with Crippen LogP contribution in [0.15, 0.2) is 6.20 Å². The third-order valence-corrected chi connectivity index (χ3v) is 7.80. The van der Waals surface area contributed by atoms with Gasteiger partial charge in [-0.05, 0) is 12.3 Å². The Balaban J connectivity index is 1.52. The number of hydrogen-bond acceptors (Lipinski definition) is 6. The van der Waals surface area contributed by atoms with Crippen molar-refractivity contribution in [1.29, 1.82) is 0 Å². The molecule has 28 heavy (non-hydrogen) atoms. The number of carbonyl (C=O) groups is 2. The molecule has 0 aliphatic carbocycles. The summed E-state index contributed by atoms with van der Waals surface area (Å²) in [4.78, 5) is 35.6. The third-order valence-electron chi connectivity index (χ3n) is 4.98. The first-order valence-electron chi connectivity index (χ1n) is 9.51. The van der Waals surface area contributed by atoms with Gasteiger partial charge >= 0.3 is 12.1 Å². The Bertz CT molecular complexity index is 809. The Kier molecular flexibility index (Phi) is 6.43. The third kappa shape index (κ3) is 5.13. The van der Waals surface area contributed by atoms with Crippen molar-refractivity contribution in [3.8, 4) is 0 Å². The fraction of sp³-hybridized carbons (Fsp3) is 0.706. The quantitative estimate of drug-likeness (QED) is 0.770. The number of anilines is 1. The van der Waals surface area contributed by atoms with Crippen molar-refractivity contribution >= 4 is 38.4 Å². The van der Waals surface area contributed by atoms with Gasteiger partial charge in [0.05, 0.1) is 11.5 Å². The molecule has 2 saturated heterocycles. The van der Waals surface area contributed by atoms with E-state index >= 15 is 0 Å². The highest BCUT2D eigenvalue weighted by molar-refractivity contribution is 7.91. The number of thiazole rings is 1. The van der Waals surface area contributed by atoms with Crippen LogP contribution in [0.1, 0.15) is 31.1 Å². The number of amides is 4. The molecule has 2 aliphatic rings. The summed E-state index contributed by atoms with van der Waals surface area (Å²) in [5.41, 5.74) is 0. The van der Waals surface area contributed by atoms with Crippen LogP contribution in [-0.2, 0) is 9.84 Å². The highest BCUT2D eigenvalue weighted by atomic mass is 32.2. The van der Waals surface area contributed by atoms with E-state index in [2.05, 4.69) is 24.1 Å². The maximum Gasteiger partial charge on any atom is 0.323 e. The van der Waals surface area contributed by atoms with Crippen molar-refractivity contribution in [1.82, 2.24) is 19.7 Å². The smallest absolute Gasteiger partial charge is 0.323 e. The van der Waals surface area contributed by atoms with Gasteiger partial charge in [-0.15, -0.1) is 11.3 Å². The number of hydrogen-bond donors (Lipinski definition) is 1. The summed E-state index contributed by atoms with van der Waals surface area (Å²) >= 11 is 1.47. The minimum absolute atomic E-state index is 0.0211. The van der Waals surface area contributed by atoms with Crippen LogP contribution in [0, 0.1) is 0 Å². The van der Waals surface area contributed by atoms with Gasteiger partial charge in [0, 0.05) is 50.3 Å².